The molecular formula is C25H25ClN6O3. The highest BCUT2D eigenvalue weighted by molar-refractivity contribution is 6.32. The van der Waals surface area contributed by atoms with Crippen LogP contribution in [0.1, 0.15) is 24.0 Å². The van der Waals surface area contributed by atoms with Crippen LogP contribution >= 0.6 is 11.6 Å². The van der Waals surface area contributed by atoms with Crippen LogP contribution < -0.4 is 16.0 Å². The van der Waals surface area contributed by atoms with Crippen LogP contribution in [0.4, 0.5) is 33.6 Å². The number of likely N-dealkylation sites (tertiary alicyclic amines) is 1. The lowest BCUT2D eigenvalue weighted by Gasteiger charge is -2.29. The van der Waals surface area contributed by atoms with Gasteiger partial charge in [-0.2, -0.15) is 4.98 Å². The summed E-state index contributed by atoms with van der Waals surface area (Å²) in [6, 6.07) is 13.8. The Morgan fingerprint density at radius 2 is 1.86 bits per heavy atom. The largest absolute Gasteiger partial charge is 0.465 e. The summed E-state index contributed by atoms with van der Waals surface area (Å²) in [6.07, 6.45) is 3.13. The van der Waals surface area contributed by atoms with E-state index in [1.165, 1.54) is 4.90 Å². The summed E-state index contributed by atoms with van der Waals surface area (Å²) in [6.45, 7) is 0.740. The highest BCUT2D eigenvalue weighted by Crippen LogP contribution is 2.30. The molecule has 0 aliphatic carbocycles. The molecule has 0 unspecified atom stereocenters. The van der Waals surface area contributed by atoms with Gasteiger partial charge in [-0.15, -0.1) is 0 Å². The molecular weight excluding hydrogens is 468 g/mol. The third kappa shape index (κ3) is 5.30. The van der Waals surface area contributed by atoms with Crippen LogP contribution in [0.15, 0.2) is 48.7 Å². The van der Waals surface area contributed by atoms with Gasteiger partial charge in [0.2, 0.25) is 11.9 Å². The lowest BCUT2D eigenvalue weighted by molar-refractivity contribution is -0.121. The Morgan fingerprint density at radius 3 is 2.66 bits per heavy atom. The number of anilines is 5. The molecule has 2 aromatic carbocycles. The van der Waals surface area contributed by atoms with Gasteiger partial charge in [-0.3, -0.25) is 4.79 Å². The number of fused-ring (bicyclic) bond motifs is 6. The number of nitrogens with zero attached hydrogens (tertiary/aromatic N) is 3. The summed E-state index contributed by atoms with van der Waals surface area (Å²) < 4.78 is 0. The quantitative estimate of drug-likeness (QED) is 0.395. The topological polar surface area (TPSA) is 119 Å². The first kappa shape index (κ1) is 22.9. The molecule has 9 nitrogen and oxygen atoms in total. The predicted molar refractivity (Wildman–Crippen MR) is 135 cm³/mol. The van der Waals surface area contributed by atoms with Crippen LogP contribution in [0.2, 0.25) is 5.02 Å². The lowest BCUT2D eigenvalue weighted by Crippen LogP contribution is -2.40. The van der Waals surface area contributed by atoms with Crippen molar-refractivity contribution in [2.24, 2.45) is 5.92 Å². The molecule has 5 rings (SSSR count). The molecule has 3 heterocycles. The van der Waals surface area contributed by atoms with E-state index in [0.717, 1.165) is 34.6 Å². The SMILES string of the molecule is O=C(Nc1ccc2cc1CCc1cccc(c1)Nc1ncc(Cl)c(n1)N2)C1CCN(C(=O)O)CC1. The van der Waals surface area contributed by atoms with Crippen molar-refractivity contribution in [3.8, 4) is 0 Å². The molecule has 3 aromatic rings. The van der Waals surface area contributed by atoms with Gasteiger partial charge in [0.1, 0.15) is 5.02 Å². The van der Waals surface area contributed by atoms with Gasteiger partial charge in [0, 0.05) is 36.1 Å². The zero-order valence-electron chi connectivity index (χ0n) is 18.9. The van der Waals surface area contributed by atoms with E-state index < -0.39 is 6.09 Å². The van der Waals surface area contributed by atoms with Crippen LogP contribution in [0.25, 0.3) is 0 Å². The monoisotopic (exact) mass is 492 g/mol. The maximum Gasteiger partial charge on any atom is 0.407 e. The molecule has 10 heteroatoms. The van der Waals surface area contributed by atoms with Crippen molar-refractivity contribution in [1.29, 1.82) is 0 Å². The fourth-order valence-electron chi connectivity index (χ4n) is 4.43. The molecule has 4 N–H and O–H groups in total. The van der Waals surface area contributed by atoms with Gasteiger partial charge < -0.3 is 26.0 Å². The van der Waals surface area contributed by atoms with E-state index >= 15 is 0 Å². The summed E-state index contributed by atoms with van der Waals surface area (Å²) in [5.41, 5.74) is 4.54. The number of hydrogen-bond donors (Lipinski definition) is 4. The number of carboxylic acid groups (broad SMARTS) is 1. The molecule has 180 valence electrons. The number of hydrogen-bond acceptors (Lipinski definition) is 6. The molecule has 0 saturated carbocycles. The second kappa shape index (κ2) is 9.79. The molecule has 1 fully saturated rings. The summed E-state index contributed by atoms with van der Waals surface area (Å²) in [5, 5.41) is 19.1. The lowest BCUT2D eigenvalue weighted by atomic mass is 9.95. The van der Waals surface area contributed by atoms with Crippen molar-refractivity contribution in [2.75, 3.05) is 29.0 Å². The van der Waals surface area contributed by atoms with E-state index in [-0.39, 0.29) is 11.8 Å². The van der Waals surface area contributed by atoms with Crippen molar-refractivity contribution >= 4 is 52.4 Å². The second-order valence-electron chi connectivity index (χ2n) is 8.75. The Balaban J connectivity index is 1.42. The number of nitrogens with one attached hydrogen (secondary N) is 3. The van der Waals surface area contributed by atoms with Crippen molar-refractivity contribution in [1.82, 2.24) is 14.9 Å². The maximum absolute atomic E-state index is 13.0. The zero-order chi connectivity index (χ0) is 24.4. The van der Waals surface area contributed by atoms with Crippen LogP contribution in [0.5, 0.6) is 0 Å². The predicted octanol–water partition coefficient (Wildman–Crippen LogP) is 5.04. The number of carbonyl (C=O) groups is 2. The third-order valence-electron chi connectivity index (χ3n) is 6.37. The van der Waals surface area contributed by atoms with Gasteiger partial charge in [-0.05, 0) is 67.1 Å². The van der Waals surface area contributed by atoms with E-state index in [1.54, 1.807) is 6.20 Å². The maximum atomic E-state index is 13.0. The third-order valence-corrected chi connectivity index (χ3v) is 6.65. The number of rotatable bonds is 2. The zero-order valence-corrected chi connectivity index (χ0v) is 19.7. The first-order valence-electron chi connectivity index (χ1n) is 11.5. The highest BCUT2D eigenvalue weighted by atomic mass is 35.5. The number of amides is 2. The Morgan fingerprint density at radius 1 is 1.06 bits per heavy atom. The summed E-state index contributed by atoms with van der Waals surface area (Å²) in [5.74, 6) is 0.620. The number of carbonyl (C=O) groups excluding carboxylic acids is 1. The van der Waals surface area contributed by atoms with Gasteiger partial charge in [-0.1, -0.05) is 23.7 Å². The number of aromatic nitrogens is 2. The van der Waals surface area contributed by atoms with E-state index in [2.05, 4.69) is 38.1 Å². The molecule has 1 aromatic heterocycles. The number of benzene rings is 2. The molecule has 35 heavy (non-hydrogen) atoms. The van der Waals surface area contributed by atoms with Crippen LogP contribution in [-0.4, -0.2) is 45.1 Å². The fourth-order valence-corrected chi connectivity index (χ4v) is 4.57. The smallest absolute Gasteiger partial charge is 0.407 e. The normalized spacial score (nSPS) is 15.5. The van der Waals surface area contributed by atoms with Crippen molar-refractivity contribution in [3.05, 3.63) is 64.8 Å². The second-order valence-corrected chi connectivity index (χ2v) is 9.15. The van der Waals surface area contributed by atoms with Crippen LogP contribution in [0, 0.1) is 5.92 Å². The van der Waals surface area contributed by atoms with Crippen LogP contribution in [-0.2, 0) is 17.6 Å². The minimum atomic E-state index is -0.937. The van der Waals surface area contributed by atoms with Crippen molar-refractivity contribution < 1.29 is 14.7 Å². The van der Waals surface area contributed by atoms with E-state index in [4.69, 9.17) is 16.7 Å². The van der Waals surface area contributed by atoms with E-state index in [9.17, 15) is 9.59 Å². The van der Waals surface area contributed by atoms with Gasteiger partial charge in [0.05, 0.1) is 6.20 Å². The standard InChI is InChI=1S/C25H25ClN6O3/c26-20-14-27-24-29-18-3-1-2-15(12-18)4-5-17-13-19(28-22(20)31-24)6-7-21(17)30-23(33)16-8-10-32(11-9-16)25(34)35/h1-3,6-7,12-14,16H,4-5,8-11H2,(H,30,33)(H,34,35)(H2,27,28,29,31). The minimum Gasteiger partial charge on any atom is -0.465 e. The molecule has 6 bridgehead atoms. The molecule has 2 amide bonds. The highest BCUT2D eigenvalue weighted by Gasteiger charge is 2.27. The summed E-state index contributed by atoms with van der Waals surface area (Å²) in [4.78, 5) is 34.3. The van der Waals surface area contributed by atoms with Gasteiger partial charge in [0.25, 0.3) is 0 Å². The molecule has 2 aliphatic heterocycles. The molecule has 0 radical (unpaired) electrons. The number of halogens is 1. The Labute approximate surface area is 207 Å². The van der Waals surface area contributed by atoms with Crippen molar-refractivity contribution in [2.45, 2.75) is 25.7 Å². The van der Waals surface area contributed by atoms with Crippen molar-refractivity contribution in [3.63, 3.8) is 0 Å². The van der Waals surface area contributed by atoms with Gasteiger partial charge in [0.15, 0.2) is 5.82 Å². The Bertz CT molecular complexity index is 1280. The minimum absolute atomic E-state index is 0.0791. The first-order valence-corrected chi connectivity index (χ1v) is 11.9. The van der Waals surface area contributed by atoms with E-state index in [0.29, 0.717) is 49.1 Å². The van der Waals surface area contributed by atoms with Crippen LogP contribution in [0.3, 0.4) is 0 Å². The molecule has 1 saturated heterocycles. The average Bonchev–Trinajstić information content (AvgIpc) is 2.86. The Kier molecular flexibility index (Phi) is 6.41. The number of aryl methyl sites for hydroxylation is 2. The average molecular weight is 493 g/mol. The first-order chi connectivity index (χ1) is 16.9. The molecule has 0 spiro atoms. The Hall–Kier alpha value is -3.85. The summed E-state index contributed by atoms with van der Waals surface area (Å²) in [7, 11) is 0. The van der Waals surface area contributed by atoms with Gasteiger partial charge >= 0.3 is 6.09 Å². The van der Waals surface area contributed by atoms with E-state index in [1.807, 2.05) is 30.3 Å². The van der Waals surface area contributed by atoms with Gasteiger partial charge in [-0.25, -0.2) is 9.78 Å². The fraction of sp³-hybridized carbons (Fsp3) is 0.280. The number of piperidine rings is 1. The molecule has 2 aliphatic rings. The molecule has 0 atom stereocenters. The summed E-state index contributed by atoms with van der Waals surface area (Å²) >= 11 is 6.34.